The van der Waals surface area contributed by atoms with Gasteiger partial charge in [0.2, 0.25) is 0 Å². The normalized spacial score (nSPS) is 13.0. The van der Waals surface area contributed by atoms with Gasteiger partial charge in [-0.05, 0) is 37.5 Å². The van der Waals surface area contributed by atoms with Crippen LogP contribution in [-0.2, 0) is 0 Å². The Hall–Kier alpha value is -0.860. The summed E-state index contributed by atoms with van der Waals surface area (Å²) in [5.74, 6) is 0. The molecule has 1 aromatic rings. The molecule has 0 spiro atoms. The van der Waals surface area contributed by atoms with Crippen LogP contribution in [0.1, 0.15) is 29.7 Å². The molecule has 2 N–H and O–H groups in total. The molecule has 0 amide bonds. The third kappa shape index (κ3) is 1.65. The van der Waals surface area contributed by atoms with E-state index in [0.717, 1.165) is 5.56 Å². The van der Waals surface area contributed by atoms with Crippen LogP contribution in [0.2, 0.25) is 0 Å². The molecule has 0 aliphatic carbocycles. The molecule has 0 aliphatic rings. The van der Waals surface area contributed by atoms with Crippen molar-refractivity contribution >= 4 is 0 Å². The van der Waals surface area contributed by atoms with E-state index < -0.39 is 0 Å². The van der Waals surface area contributed by atoms with Crippen molar-refractivity contribution in [3.8, 4) is 0 Å². The number of benzene rings is 1. The summed E-state index contributed by atoms with van der Waals surface area (Å²) in [6.45, 7) is 6.07. The molecule has 0 heterocycles. The monoisotopic (exact) mass is 165 g/mol. The second kappa shape index (κ2) is 3.70. The van der Waals surface area contributed by atoms with Crippen molar-refractivity contribution in [3.63, 3.8) is 0 Å². The maximum absolute atomic E-state index is 8.75. The summed E-state index contributed by atoms with van der Waals surface area (Å²) in [5.41, 5.74) is 5.90. The number of hydrogen-bond donors (Lipinski definition) is 2. The summed E-state index contributed by atoms with van der Waals surface area (Å²) in [4.78, 5) is 0. The Morgan fingerprint density at radius 3 is 2.58 bits per heavy atom. The molecule has 1 aromatic carbocycles. The summed E-state index contributed by atoms with van der Waals surface area (Å²) >= 11 is 0. The predicted molar refractivity (Wildman–Crippen MR) is 49.3 cm³/mol. The number of nitrogens with one attached hydrogen (secondary N) is 1. The zero-order valence-corrected chi connectivity index (χ0v) is 7.76. The molecule has 0 fully saturated rings. The summed E-state index contributed by atoms with van der Waals surface area (Å²) in [7, 11) is 0. The second-order valence-corrected chi connectivity index (χ2v) is 3.14. The van der Waals surface area contributed by atoms with Gasteiger partial charge in [-0.25, -0.2) is 0 Å². The highest BCUT2D eigenvalue weighted by atomic mass is 16.5. The molecule has 0 aliphatic heterocycles. The molecule has 1 unspecified atom stereocenters. The number of hydrogen-bond acceptors (Lipinski definition) is 2. The van der Waals surface area contributed by atoms with Gasteiger partial charge in [0, 0.05) is 0 Å². The fourth-order valence-electron chi connectivity index (χ4n) is 1.31. The molecule has 1 atom stereocenters. The van der Waals surface area contributed by atoms with Crippen LogP contribution in [0, 0.1) is 13.8 Å². The molecule has 1 rings (SSSR count). The Morgan fingerprint density at radius 1 is 1.33 bits per heavy atom. The fourth-order valence-corrected chi connectivity index (χ4v) is 1.31. The topological polar surface area (TPSA) is 32.3 Å². The van der Waals surface area contributed by atoms with E-state index in [2.05, 4.69) is 25.4 Å². The van der Waals surface area contributed by atoms with E-state index >= 15 is 0 Å². The van der Waals surface area contributed by atoms with Crippen molar-refractivity contribution in [2.45, 2.75) is 26.8 Å². The first-order valence-electron chi connectivity index (χ1n) is 4.12. The van der Waals surface area contributed by atoms with Crippen LogP contribution in [0.5, 0.6) is 0 Å². The zero-order valence-electron chi connectivity index (χ0n) is 7.76. The smallest absolute Gasteiger partial charge is 0.0543 e. The SMILES string of the molecule is Cc1cccc(C(C)NO)c1C. The minimum Gasteiger partial charge on any atom is -0.316 e. The lowest BCUT2D eigenvalue weighted by atomic mass is 9.99. The highest BCUT2D eigenvalue weighted by Gasteiger charge is 2.06. The molecule has 2 nitrogen and oxygen atoms in total. The fraction of sp³-hybridized carbons (Fsp3) is 0.400. The molecule has 0 aromatic heterocycles. The lowest BCUT2D eigenvalue weighted by molar-refractivity contribution is 0.133. The number of rotatable bonds is 2. The van der Waals surface area contributed by atoms with Gasteiger partial charge in [0.1, 0.15) is 0 Å². The Kier molecular flexibility index (Phi) is 2.84. The van der Waals surface area contributed by atoms with Crippen LogP contribution in [-0.4, -0.2) is 5.21 Å². The highest BCUT2D eigenvalue weighted by molar-refractivity contribution is 5.34. The van der Waals surface area contributed by atoms with Gasteiger partial charge in [0.25, 0.3) is 0 Å². The third-order valence-electron chi connectivity index (χ3n) is 2.31. The molecule has 12 heavy (non-hydrogen) atoms. The van der Waals surface area contributed by atoms with Crippen molar-refractivity contribution < 1.29 is 5.21 Å². The van der Waals surface area contributed by atoms with Crippen molar-refractivity contribution in [1.82, 2.24) is 5.48 Å². The Morgan fingerprint density at radius 2 is 2.00 bits per heavy atom. The van der Waals surface area contributed by atoms with Crippen LogP contribution in [0.15, 0.2) is 18.2 Å². The second-order valence-electron chi connectivity index (χ2n) is 3.14. The Bertz CT molecular complexity index is 271. The third-order valence-corrected chi connectivity index (χ3v) is 2.31. The van der Waals surface area contributed by atoms with Gasteiger partial charge in [-0.3, -0.25) is 0 Å². The minimum absolute atomic E-state index is 0.00454. The Labute approximate surface area is 73.2 Å². The van der Waals surface area contributed by atoms with Gasteiger partial charge in [-0.1, -0.05) is 18.2 Å². The predicted octanol–water partition coefficient (Wildman–Crippen LogP) is 2.34. The van der Waals surface area contributed by atoms with Gasteiger partial charge in [-0.15, -0.1) is 0 Å². The van der Waals surface area contributed by atoms with Crippen LogP contribution < -0.4 is 5.48 Å². The van der Waals surface area contributed by atoms with Crippen LogP contribution in [0.25, 0.3) is 0 Å². The minimum atomic E-state index is 0.00454. The Balaban J connectivity index is 3.07. The van der Waals surface area contributed by atoms with Crippen LogP contribution >= 0.6 is 0 Å². The van der Waals surface area contributed by atoms with E-state index in [9.17, 15) is 0 Å². The lowest BCUT2D eigenvalue weighted by Crippen LogP contribution is -2.14. The summed E-state index contributed by atoms with van der Waals surface area (Å²) in [6.07, 6.45) is 0. The standard InChI is InChI=1S/C10H15NO/c1-7-5-4-6-10(8(7)2)9(3)11-12/h4-6,9,11-12H,1-3H3. The average molecular weight is 165 g/mol. The van der Waals surface area contributed by atoms with Gasteiger partial charge in [-0.2, -0.15) is 5.48 Å². The molecular formula is C10H15NO. The molecule has 0 radical (unpaired) electrons. The quantitative estimate of drug-likeness (QED) is 0.659. The molecule has 0 saturated heterocycles. The van der Waals surface area contributed by atoms with E-state index in [1.807, 2.05) is 19.1 Å². The molecule has 0 saturated carbocycles. The first kappa shape index (κ1) is 9.23. The van der Waals surface area contributed by atoms with E-state index in [1.54, 1.807) is 0 Å². The van der Waals surface area contributed by atoms with Gasteiger partial charge in [0.05, 0.1) is 6.04 Å². The van der Waals surface area contributed by atoms with E-state index in [1.165, 1.54) is 11.1 Å². The van der Waals surface area contributed by atoms with Crippen molar-refractivity contribution in [1.29, 1.82) is 0 Å². The van der Waals surface area contributed by atoms with Crippen LogP contribution in [0.4, 0.5) is 0 Å². The zero-order chi connectivity index (χ0) is 9.14. The van der Waals surface area contributed by atoms with Gasteiger partial charge < -0.3 is 5.21 Å². The van der Waals surface area contributed by atoms with Gasteiger partial charge >= 0.3 is 0 Å². The van der Waals surface area contributed by atoms with Crippen LogP contribution in [0.3, 0.4) is 0 Å². The largest absolute Gasteiger partial charge is 0.316 e. The maximum atomic E-state index is 8.75. The highest BCUT2D eigenvalue weighted by Crippen LogP contribution is 2.19. The summed E-state index contributed by atoms with van der Waals surface area (Å²) < 4.78 is 0. The first-order valence-corrected chi connectivity index (χ1v) is 4.12. The number of hydroxylamine groups is 1. The van der Waals surface area contributed by atoms with Crippen molar-refractivity contribution in [3.05, 3.63) is 34.9 Å². The summed E-state index contributed by atoms with van der Waals surface area (Å²) in [6, 6.07) is 6.11. The van der Waals surface area contributed by atoms with Gasteiger partial charge in [0.15, 0.2) is 0 Å². The molecule has 2 heteroatoms. The lowest BCUT2D eigenvalue weighted by Gasteiger charge is -2.13. The average Bonchev–Trinajstić information content (AvgIpc) is 2.08. The van der Waals surface area contributed by atoms with Crippen molar-refractivity contribution in [2.24, 2.45) is 0 Å². The summed E-state index contributed by atoms with van der Waals surface area (Å²) in [5, 5.41) is 8.75. The van der Waals surface area contributed by atoms with Crippen molar-refractivity contribution in [2.75, 3.05) is 0 Å². The first-order chi connectivity index (χ1) is 5.66. The maximum Gasteiger partial charge on any atom is 0.0543 e. The van der Waals surface area contributed by atoms with E-state index in [-0.39, 0.29) is 6.04 Å². The molecule has 0 bridgehead atoms. The van der Waals surface area contributed by atoms with E-state index in [0.29, 0.717) is 0 Å². The number of aryl methyl sites for hydroxylation is 1. The van der Waals surface area contributed by atoms with E-state index in [4.69, 9.17) is 5.21 Å². The molecule has 66 valence electrons. The molecular weight excluding hydrogens is 150 g/mol.